The van der Waals surface area contributed by atoms with Gasteiger partial charge in [0.05, 0.1) is 0 Å². The van der Waals surface area contributed by atoms with Gasteiger partial charge in [-0.05, 0) is 36.5 Å². The van der Waals surface area contributed by atoms with Crippen molar-refractivity contribution in [1.29, 1.82) is 0 Å². The van der Waals surface area contributed by atoms with Gasteiger partial charge in [-0.3, -0.25) is 24.6 Å². The number of carbonyl (C=O) groups excluding carboxylic acids is 3. The molecular weight excluding hydrogens is 360 g/mol. The SMILES string of the molecule is C=CCN1C(=O)C(=CC(=O)c2ccc(C3CCCCC3)cc2)C(=O)NC1=S. The second kappa shape index (κ2) is 8.39. The Morgan fingerprint density at radius 1 is 1.19 bits per heavy atom. The molecule has 6 heteroatoms. The van der Waals surface area contributed by atoms with E-state index in [0.717, 1.165) is 6.08 Å². The minimum Gasteiger partial charge on any atom is -0.298 e. The highest BCUT2D eigenvalue weighted by Crippen LogP contribution is 2.32. The molecule has 2 amide bonds. The fourth-order valence-electron chi connectivity index (χ4n) is 3.56. The molecule has 0 radical (unpaired) electrons. The predicted molar refractivity (Wildman–Crippen MR) is 107 cm³/mol. The second-order valence-electron chi connectivity index (χ2n) is 6.84. The van der Waals surface area contributed by atoms with Gasteiger partial charge in [-0.15, -0.1) is 6.58 Å². The van der Waals surface area contributed by atoms with Gasteiger partial charge in [0, 0.05) is 18.2 Å². The van der Waals surface area contributed by atoms with Crippen molar-refractivity contribution in [2.24, 2.45) is 0 Å². The average Bonchev–Trinajstić information content (AvgIpc) is 2.69. The quantitative estimate of drug-likeness (QED) is 0.279. The monoisotopic (exact) mass is 382 g/mol. The Hall–Kier alpha value is -2.60. The first-order chi connectivity index (χ1) is 13.0. The summed E-state index contributed by atoms with van der Waals surface area (Å²) in [6, 6.07) is 7.48. The van der Waals surface area contributed by atoms with Crippen LogP contribution in [0, 0.1) is 0 Å². The van der Waals surface area contributed by atoms with Crippen molar-refractivity contribution in [3.05, 3.63) is 59.7 Å². The smallest absolute Gasteiger partial charge is 0.266 e. The summed E-state index contributed by atoms with van der Waals surface area (Å²) in [4.78, 5) is 38.3. The minimum absolute atomic E-state index is 0.0198. The third-order valence-corrected chi connectivity index (χ3v) is 5.37. The summed E-state index contributed by atoms with van der Waals surface area (Å²) in [5.74, 6) is -1.07. The molecule has 2 aliphatic rings. The maximum atomic E-state index is 12.6. The Balaban J connectivity index is 1.78. The number of hydrogen-bond donors (Lipinski definition) is 1. The van der Waals surface area contributed by atoms with Crippen LogP contribution >= 0.6 is 12.2 Å². The molecule has 1 aromatic rings. The molecule has 27 heavy (non-hydrogen) atoms. The van der Waals surface area contributed by atoms with E-state index in [0.29, 0.717) is 11.5 Å². The summed E-state index contributed by atoms with van der Waals surface area (Å²) < 4.78 is 0. The zero-order chi connectivity index (χ0) is 19.4. The Labute approximate surface area is 164 Å². The van der Waals surface area contributed by atoms with Gasteiger partial charge in [0.1, 0.15) is 5.57 Å². The predicted octanol–water partition coefficient (Wildman–Crippen LogP) is 3.27. The highest BCUT2D eigenvalue weighted by molar-refractivity contribution is 7.80. The molecule has 2 fully saturated rings. The first-order valence-electron chi connectivity index (χ1n) is 9.15. The van der Waals surface area contributed by atoms with E-state index in [1.54, 1.807) is 12.1 Å². The molecule has 1 saturated heterocycles. The van der Waals surface area contributed by atoms with Gasteiger partial charge in [-0.1, -0.05) is 49.6 Å². The number of rotatable bonds is 5. The van der Waals surface area contributed by atoms with Crippen LogP contribution in [0.2, 0.25) is 0 Å². The van der Waals surface area contributed by atoms with Crippen LogP contribution in [0.4, 0.5) is 0 Å². The van der Waals surface area contributed by atoms with Gasteiger partial charge in [0.25, 0.3) is 11.8 Å². The summed E-state index contributed by atoms with van der Waals surface area (Å²) in [6.45, 7) is 3.74. The van der Waals surface area contributed by atoms with E-state index in [1.807, 2.05) is 12.1 Å². The Kier molecular flexibility index (Phi) is 5.96. The van der Waals surface area contributed by atoms with E-state index in [9.17, 15) is 14.4 Å². The molecule has 1 saturated carbocycles. The van der Waals surface area contributed by atoms with Crippen LogP contribution in [0.3, 0.4) is 0 Å². The number of ketones is 1. The fourth-order valence-corrected chi connectivity index (χ4v) is 3.81. The number of carbonyl (C=O) groups is 3. The fraction of sp³-hybridized carbons (Fsp3) is 0.333. The molecule has 0 aromatic heterocycles. The molecule has 1 aliphatic carbocycles. The Bertz CT molecular complexity index is 820. The molecule has 1 aromatic carbocycles. The molecule has 0 atom stereocenters. The van der Waals surface area contributed by atoms with Crippen molar-refractivity contribution >= 4 is 34.9 Å². The lowest BCUT2D eigenvalue weighted by Gasteiger charge is -2.27. The maximum Gasteiger partial charge on any atom is 0.266 e. The van der Waals surface area contributed by atoms with Crippen molar-refractivity contribution < 1.29 is 14.4 Å². The molecule has 3 rings (SSSR count). The molecule has 0 spiro atoms. The van der Waals surface area contributed by atoms with Crippen LogP contribution < -0.4 is 5.32 Å². The summed E-state index contributed by atoms with van der Waals surface area (Å²) in [6.07, 6.45) is 8.75. The summed E-state index contributed by atoms with van der Waals surface area (Å²) in [5, 5.41) is 2.45. The Morgan fingerprint density at radius 3 is 2.48 bits per heavy atom. The van der Waals surface area contributed by atoms with Crippen molar-refractivity contribution in [1.82, 2.24) is 10.2 Å². The lowest BCUT2D eigenvalue weighted by molar-refractivity contribution is -0.128. The van der Waals surface area contributed by atoms with E-state index in [1.165, 1.54) is 48.6 Å². The molecule has 1 heterocycles. The lowest BCUT2D eigenvalue weighted by Crippen LogP contribution is -2.54. The van der Waals surface area contributed by atoms with Gasteiger partial charge < -0.3 is 0 Å². The minimum atomic E-state index is -0.655. The Morgan fingerprint density at radius 2 is 1.85 bits per heavy atom. The van der Waals surface area contributed by atoms with E-state index < -0.39 is 11.8 Å². The third-order valence-electron chi connectivity index (χ3n) is 5.04. The van der Waals surface area contributed by atoms with Crippen LogP contribution in [-0.2, 0) is 9.59 Å². The number of thiocarbonyl (C=S) groups is 1. The van der Waals surface area contributed by atoms with Gasteiger partial charge in [-0.2, -0.15) is 0 Å². The summed E-state index contributed by atoms with van der Waals surface area (Å²) in [5.41, 5.74) is 1.48. The molecule has 1 N–H and O–H groups in total. The first-order valence-corrected chi connectivity index (χ1v) is 9.56. The van der Waals surface area contributed by atoms with E-state index in [-0.39, 0.29) is 23.0 Å². The average molecular weight is 382 g/mol. The van der Waals surface area contributed by atoms with Crippen molar-refractivity contribution in [3.8, 4) is 0 Å². The number of amides is 2. The van der Waals surface area contributed by atoms with Crippen molar-refractivity contribution in [2.75, 3.05) is 6.54 Å². The zero-order valence-electron chi connectivity index (χ0n) is 15.1. The van der Waals surface area contributed by atoms with Crippen LogP contribution in [0.25, 0.3) is 0 Å². The summed E-state index contributed by atoms with van der Waals surface area (Å²) in [7, 11) is 0. The van der Waals surface area contributed by atoms with Crippen molar-refractivity contribution in [2.45, 2.75) is 38.0 Å². The largest absolute Gasteiger partial charge is 0.298 e. The first kappa shape index (κ1) is 19.2. The molecule has 5 nitrogen and oxygen atoms in total. The maximum absolute atomic E-state index is 12.6. The molecule has 0 unspecified atom stereocenters. The van der Waals surface area contributed by atoms with E-state index in [4.69, 9.17) is 12.2 Å². The molecular formula is C21H22N2O3S. The number of allylic oxidation sites excluding steroid dienone is 1. The van der Waals surface area contributed by atoms with E-state index in [2.05, 4.69) is 11.9 Å². The van der Waals surface area contributed by atoms with Gasteiger partial charge in [0.15, 0.2) is 10.9 Å². The lowest BCUT2D eigenvalue weighted by atomic mass is 9.84. The van der Waals surface area contributed by atoms with Gasteiger partial charge in [0.2, 0.25) is 0 Å². The van der Waals surface area contributed by atoms with E-state index >= 15 is 0 Å². The molecule has 1 aliphatic heterocycles. The molecule has 0 bridgehead atoms. The topological polar surface area (TPSA) is 66.5 Å². The summed E-state index contributed by atoms with van der Waals surface area (Å²) >= 11 is 5.00. The normalized spacial score (nSPS) is 19.9. The van der Waals surface area contributed by atoms with Gasteiger partial charge >= 0.3 is 0 Å². The van der Waals surface area contributed by atoms with Crippen LogP contribution in [0.1, 0.15) is 53.9 Å². The van der Waals surface area contributed by atoms with Crippen LogP contribution in [-0.4, -0.2) is 34.2 Å². The zero-order valence-corrected chi connectivity index (χ0v) is 15.9. The van der Waals surface area contributed by atoms with Crippen molar-refractivity contribution in [3.63, 3.8) is 0 Å². The van der Waals surface area contributed by atoms with Crippen LogP contribution in [0.5, 0.6) is 0 Å². The number of benzene rings is 1. The number of hydrogen-bond acceptors (Lipinski definition) is 4. The molecule has 140 valence electrons. The van der Waals surface area contributed by atoms with Crippen LogP contribution in [0.15, 0.2) is 48.6 Å². The second-order valence-corrected chi connectivity index (χ2v) is 7.23. The third kappa shape index (κ3) is 4.22. The number of nitrogens with zero attached hydrogens (tertiary/aromatic N) is 1. The number of nitrogens with one attached hydrogen (secondary N) is 1. The van der Waals surface area contributed by atoms with Gasteiger partial charge in [-0.25, -0.2) is 0 Å². The highest BCUT2D eigenvalue weighted by Gasteiger charge is 2.33. The standard InChI is InChI=1S/C21H22N2O3S/c1-2-12-23-20(26)17(19(25)22-21(23)27)13-18(24)16-10-8-15(9-11-16)14-6-4-3-5-7-14/h2,8-11,13-14H,1,3-7,12H2,(H,22,25,27). The highest BCUT2D eigenvalue weighted by atomic mass is 32.1.